The Bertz CT molecular complexity index is 2010. The fourth-order valence-corrected chi connectivity index (χ4v) is 4.95. The number of fused-ring (bicyclic) bond motifs is 1. The quantitative estimate of drug-likeness (QED) is 0.213. The second-order valence-corrected chi connectivity index (χ2v) is 13.0. The number of halogens is 7. The van der Waals surface area contributed by atoms with Crippen LogP contribution in [0.25, 0.3) is 17.1 Å². The smallest absolute Gasteiger partial charge is 0.419 e. The highest BCUT2D eigenvalue weighted by molar-refractivity contribution is 6.00. The number of carbonyl (C=O) groups excluding carboxylic acids is 2. The maximum atomic E-state index is 15.9. The van der Waals surface area contributed by atoms with E-state index in [4.69, 9.17) is 9.15 Å². The van der Waals surface area contributed by atoms with E-state index in [9.17, 15) is 28.0 Å². The molecule has 18 heteroatoms. The number of anilines is 1. The van der Waals surface area contributed by atoms with Gasteiger partial charge in [-0.3, -0.25) is 4.79 Å². The molecule has 2 amide bonds. The number of nitrogens with zero attached hydrogens (tertiary/aromatic N) is 6. The zero-order valence-electron chi connectivity index (χ0n) is 27.0. The Morgan fingerprint density at radius 1 is 1.10 bits per heavy atom. The molecule has 0 radical (unpaired) electrons. The number of hydrogen-bond acceptors (Lipinski definition) is 8. The molecule has 2 aromatic heterocycles. The molecule has 1 aliphatic heterocycles. The highest BCUT2D eigenvalue weighted by atomic mass is 19.4. The van der Waals surface area contributed by atoms with Gasteiger partial charge in [-0.05, 0) is 58.9 Å². The second kappa shape index (κ2) is 12.4. The minimum atomic E-state index is -4.71. The average Bonchev–Trinajstić information content (AvgIpc) is 3.69. The van der Waals surface area contributed by atoms with E-state index in [0.717, 1.165) is 22.9 Å². The number of amides is 2. The van der Waals surface area contributed by atoms with E-state index in [1.54, 1.807) is 0 Å². The molecule has 1 N–H and O–H groups in total. The van der Waals surface area contributed by atoms with Crippen LogP contribution in [0.5, 0.6) is 0 Å². The zero-order valence-corrected chi connectivity index (χ0v) is 27.0. The van der Waals surface area contributed by atoms with Crippen LogP contribution in [-0.4, -0.2) is 43.6 Å². The SMILES string of the molecule is CC(C)(C)OC(=O)N[C@@H]1CC(F)(F)c2cc(F)c(-c3nnc(C(C)(C)C#N)o3)cc2N(Cc2ccc(-n3cc(C(F)(F)F)cn3)cc2F)C1=O. The topological polar surface area (TPSA) is 139 Å². The molecule has 2 aromatic carbocycles. The Balaban J connectivity index is 1.61. The molecule has 5 rings (SSSR count). The molecule has 1 atom stereocenters. The summed E-state index contributed by atoms with van der Waals surface area (Å²) >= 11 is 0. The summed E-state index contributed by atoms with van der Waals surface area (Å²) in [6.45, 7) is 6.62. The van der Waals surface area contributed by atoms with E-state index in [2.05, 4.69) is 20.6 Å². The van der Waals surface area contributed by atoms with Gasteiger partial charge in [0, 0.05) is 23.7 Å². The molecule has 0 unspecified atom stereocenters. The number of alkyl halides is 5. The van der Waals surface area contributed by atoms with Gasteiger partial charge < -0.3 is 19.4 Å². The van der Waals surface area contributed by atoms with Gasteiger partial charge in [0.05, 0.1) is 41.3 Å². The molecule has 0 aliphatic carbocycles. The summed E-state index contributed by atoms with van der Waals surface area (Å²) in [6, 6.07) is 4.37. The Morgan fingerprint density at radius 2 is 1.80 bits per heavy atom. The normalized spacial score (nSPS) is 16.4. The molecule has 0 bridgehead atoms. The highest BCUT2D eigenvalue weighted by Gasteiger charge is 2.47. The van der Waals surface area contributed by atoms with Gasteiger partial charge in [-0.25, -0.2) is 27.0 Å². The van der Waals surface area contributed by atoms with Crippen molar-refractivity contribution in [2.24, 2.45) is 0 Å². The minimum Gasteiger partial charge on any atom is -0.444 e. The average molecular weight is 708 g/mol. The number of ether oxygens (including phenoxy) is 1. The van der Waals surface area contributed by atoms with Crippen molar-refractivity contribution in [2.75, 3.05) is 4.90 Å². The van der Waals surface area contributed by atoms with Crippen molar-refractivity contribution in [2.45, 2.75) is 76.7 Å². The van der Waals surface area contributed by atoms with E-state index in [1.165, 1.54) is 40.7 Å². The monoisotopic (exact) mass is 707 g/mol. The number of carbonyl (C=O) groups is 2. The first-order chi connectivity index (χ1) is 23.1. The van der Waals surface area contributed by atoms with Gasteiger partial charge in [0.25, 0.3) is 11.8 Å². The Kier molecular flexibility index (Phi) is 8.92. The lowest BCUT2D eigenvalue weighted by Gasteiger charge is -2.27. The minimum absolute atomic E-state index is 0.128. The van der Waals surface area contributed by atoms with Gasteiger partial charge in [0.2, 0.25) is 11.8 Å². The van der Waals surface area contributed by atoms with Gasteiger partial charge >= 0.3 is 12.3 Å². The van der Waals surface area contributed by atoms with Gasteiger partial charge in [0.1, 0.15) is 28.7 Å². The van der Waals surface area contributed by atoms with Gasteiger partial charge in [0.15, 0.2) is 0 Å². The summed E-state index contributed by atoms with van der Waals surface area (Å²) in [7, 11) is 0. The Labute approximate surface area is 279 Å². The predicted molar refractivity (Wildman–Crippen MR) is 160 cm³/mol. The second-order valence-electron chi connectivity index (χ2n) is 13.0. The van der Waals surface area contributed by atoms with Crippen LogP contribution in [0, 0.1) is 23.0 Å². The van der Waals surface area contributed by atoms with Crippen molar-refractivity contribution < 1.29 is 49.5 Å². The zero-order chi connectivity index (χ0) is 37.0. The fraction of sp³-hybridized carbons (Fsp3) is 0.375. The molecule has 11 nitrogen and oxygen atoms in total. The number of benzene rings is 2. The molecule has 50 heavy (non-hydrogen) atoms. The molecule has 1 aliphatic rings. The van der Waals surface area contributed by atoms with Crippen LogP contribution in [0.3, 0.4) is 0 Å². The molecular weight excluding hydrogens is 679 g/mol. The largest absolute Gasteiger partial charge is 0.444 e. The number of alkyl carbamates (subject to hydrolysis) is 1. The maximum absolute atomic E-state index is 15.9. The lowest BCUT2D eigenvalue weighted by Crippen LogP contribution is -2.49. The van der Waals surface area contributed by atoms with E-state index >= 15 is 17.6 Å². The third kappa shape index (κ3) is 7.26. The van der Waals surface area contributed by atoms with Crippen LogP contribution in [0.1, 0.15) is 63.6 Å². The molecule has 0 saturated heterocycles. The van der Waals surface area contributed by atoms with Crippen molar-refractivity contribution in [1.29, 1.82) is 5.26 Å². The van der Waals surface area contributed by atoms with Gasteiger partial charge in [-0.1, -0.05) is 6.07 Å². The van der Waals surface area contributed by atoms with Crippen LogP contribution in [0.15, 0.2) is 47.1 Å². The molecule has 0 spiro atoms. The number of nitriles is 1. The van der Waals surface area contributed by atoms with E-state index < -0.39 is 94.0 Å². The predicted octanol–water partition coefficient (Wildman–Crippen LogP) is 6.94. The van der Waals surface area contributed by atoms with Crippen LogP contribution >= 0.6 is 0 Å². The van der Waals surface area contributed by atoms with Crippen LogP contribution in [0.4, 0.5) is 41.2 Å². The third-order valence-electron chi connectivity index (χ3n) is 7.49. The van der Waals surface area contributed by atoms with Gasteiger partial charge in [-0.15, -0.1) is 10.2 Å². The Hall–Kier alpha value is -5.47. The van der Waals surface area contributed by atoms with Crippen molar-refractivity contribution in [3.8, 4) is 23.2 Å². The number of hydrogen-bond donors (Lipinski definition) is 1. The first kappa shape index (κ1) is 35.8. The fourth-order valence-electron chi connectivity index (χ4n) is 4.95. The summed E-state index contributed by atoms with van der Waals surface area (Å²) < 4.78 is 114. The van der Waals surface area contributed by atoms with Crippen LogP contribution < -0.4 is 10.2 Å². The van der Waals surface area contributed by atoms with E-state index in [0.29, 0.717) is 23.4 Å². The summed E-state index contributed by atoms with van der Waals surface area (Å²) in [4.78, 5) is 27.3. The summed E-state index contributed by atoms with van der Waals surface area (Å²) in [5, 5.41) is 22.6. The Morgan fingerprint density at radius 3 is 2.40 bits per heavy atom. The third-order valence-corrected chi connectivity index (χ3v) is 7.49. The first-order valence-corrected chi connectivity index (χ1v) is 14.8. The summed E-state index contributed by atoms with van der Waals surface area (Å²) in [5.41, 5.74) is -6.03. The van der Waals surface area contributed by atoms with Gasteiger partial charge in [-0.2, -0.15) is 23.5 Å². The molecule has 264 valence electrons. The highest BCUT2D eigenvalue weighted by Crippen LogP contribution is 2.45. The van der Waals surface area contributed by atoms with Crippen molar-refractivity contribution in [1.82, 2.24) is 25.3 Å². The van der Waals surface area contributed by atoms with Crippen LogP contribution in [-0.2, 0) is 33.6 Å². The molecular formula is C32H28F7N7O4. The first-order valence-electron chi connectivity index (χ1n) is 14.8. The molecule has 0 saturated carbocycles. The molecule has 0 fully saturated rings. The molecule has 3 heterocycles. The molecule has 4 aromatic rings. The number of nitrogens with one attached hydrogen (secondary N) is 1. The summed E-state index contributed by atoms with van der Waals surface area (Å²) in [6.07, 6.45) is -6.08. The van der Waals surface area contributed by atoms with E-state index in [-0.39, 0.29) is 17.1 Å². The maximum Gasteiger partial charge on any atom is 0.419 e. The number of aromatic nitrogens is 4. The lowest BCUT2D eigenvalue weighted by molar-refractivity contribution is -0.137. The standard InChI is InChI=1S/C32H28F7N7O4/c1-29(2,3)50-28(48)42-23-11-31(35,36)20-10-22(34)19(25-43-44-27(49-25)30(4,5)15-40)9-24(20)45(26(23)47)13-16-6-7-18(8-21(16)33)46-14-17(12-41-46)32(37,38)39/h6-10,12,14,23H,11,13H2,1-5H3,(H,42,48)/t23-/m1/s1. The lowest BCUT2D eigenvalue weighted by atomic mass is 9.96. The van der Waals surface area contributed by atoms with Crippen molar-refractivity contribution in [3.05, 3.63) is 76.9 Å². The van der Waals surface area contributed by atoms with Crippen molar-refractivity contribution >= 4 is 17.7 Å². The van der Waals surface area contributed by atoms with E-state index in [1.807, 2.05) is 6.07 Å². The van der Waals surface area contributed by atoms with Crippen LogP contribution in [0.2, 0.25) is 0 Å². The van der Waals surface area contributed by atoms with Crippen molar-refractivity contribution in [3.63, 3.8) is 0 Å². The summed E-state index contributed by atoms with van der Waals surface area (Å²) in [5.74, 6) is -8.16. The number of rotatable bonds is 6.